The van der Waals surface area contributed by atoms with Crippen molar-refractivity contribution in [3.05, 3.63) is 29.0 Å². The van der Waals surface area contributed by atoms with Gasteiger partial charge >= 0.3 is 0 Å². The van der Waals surface area contributed by atoms with Crippen LogP contribution in [0.2, 0.25) is 5.02 Å². The summed E-state index contributed by atoms with van der Waals surface area (Å²) in [5, 5.41) is 0.729. The summed E-state index contributed by atoms with van der Waals surface area (Å²) < 4.78 is 2.39. The number of rotatable bonds is 8. The minimum absolute atomic E-state index is 0.497. The van der Waals surface area contributed by atoms with Gasteiger partial charge in [0.2, 0.25) is 0 Å². The third-order valence-electron chi connectivity index (χ3n) is 3.94. The van der Waals surface area contributed by atoms with Gasteiger partial charge in [-0.3, -0.25) is 0 Å². The second-order valence-corrected chi connectivity index (χ2v) is 6.31. The molecule has 0 N–H and O–H groups in total. The lowest BCUT2D eigenvalue weighted by Crippen LogP contribution is -2.13. The molecule has 21 heavy (non-hydrogen) atoms. The van der Waals surface area contributed by atoms with Crippen molar-refractivity contribution in [1.82, 2.24) is 9.55 Å². The highest BCUT2D eigenvalue weighted by molar-refractivity contribution is 6.34. The van der Waals surface area contributed by atoms with Crippen molar-refractivity contribution >= 4 is 34.2 Å². The van der Waals surface area contributed by atoms with E-state index >= 15 is 0 Å². The van der Waals surface area contributed by atoms with Gasteiger partial charge in [-0.25, -0.2) is 4.98 Å². The Hall–Kier alpha value is -0.730. The van der Waals surface area contributed by atoms with Gasteiger partial charge in [0, 0.05) is 18.3 Å². The Morgan fingerprint density at radius 2 is 2.00 bits per heavy atom. The largest absolute Gasteiger partial charge is 0.325 e. The van der Waals surface area contributed by atoms with Crippen molar-refractivity contribution in [2.75, 3.05) is 5.88 Å². The fourth-order valence-electron chi connectivity index (χ4n) is 2.97. The number of aromatic nitrogens is 2. The number of imidazole rings is 1. The number of hydrogen-bond acceptors (Lipinski definition) is 1. The van der Waals surface area contributed by atoms with Crippen LogP contribution in [0.5, 0.6) is 0 Å². The molecular formula is C17H24Cl2N2. The Bertz CT molecular complexity index is 577. The minimum atomic E-state index is 0.497. The molecule has 116 valence electrons. The summed E-state index contributed by atoms with van der Waals surface area (Å²) in [7, 11) is 0. The Kier molecular flexibility index (Phi) is 6.38. The van der Waals surface area contributed by atoms with Crippen molar-refractivity contribution in [3.8, 4) is 0 Å². The highest BCUT2D eigenvalue weighted by Gasteiger charge is 2.19. The van der Waals surface area contributed by atoms with Gasteiger partial charge in [0.15, 0.2) is 0 Å². The Labute approximate surface area is 137 Å². The van der Waals surface area contributed by atoms with E-state index in [4.69, 9.17) is 28.2 Å². The molecule has 0 amide bonds. The number of hydrogen-bond donors (Lipinski definition) is 0. The first-order valence-corrected chi connectivity index (χ1v) is 8.85. The molecule has 0 saturated heterocycles. The van der Waals surface area contributed by atoms with E-state index in [1.807, 2.05) is 12.1 Å². The topological polar surface area (TPSA) is 17.8 Å². The van der Waals surface area contributed by atoms with Crippen molar-refractivity contribution < 1.29 is 0 Å². The SMILES string of the molecule is CCCCC(CCC)n1c(CCCl)nc2c(Cl)cccc21. The molecule has 0 saturated carbocycles. The van der Waals surface area contributed by atoms with Crippen LogP contribution in [-0.2, 0) is 6.42 Å². The zero-order valence-corrected chi connectivity index (χ0v) is 14.4. The van der Waals surface area contributed by atoms with E-state index in [0.717, 1.165) is 28.3 Å². The van der Waals surface area contributed by atoms with Gasteiger partial charge in [0.1, 0.15) is 11.3 Å². The van der Waals surface area contributed by atoms with Gasteiger partial charge in [0.25, 0.3) is 0 Å². The lowest BCUT2D eigenvalue weighted by molar-refractivity contribution is 0.415. The normalized spacial score (nSPS) is 13.0. The summed E-state index contributed by atoms with van der Waals surface area (Å²) in [6, 6.07) is 6.54. The molecule has 1 aromatic carbocycles. The number of benzene rings is 1. The van der Waals surface area contributed by atoms with Crippen LogP contribution in [-0.4, -0.2) is 15.4 Å². The van der Waals surface area contributed by atoms with Crippen molar-refractivity contribution in [2.45, 2.75) is 58.4 Å². The number of halogens is 2. The molecule has 1 unspecified atom stereocenters. The molecular weight excluding hydrogens is 303 g/mol. The standard InChI is InChI=1S/C17H24Cl2N2/c1-3-5-8-13(7-4-2)21-15-10-6-9-14(19)17(15)20-16(21)11-12-18/h6,9-10,13H,3-5,7-8,11-12H2,1-2H3. The number of fused-ring (bicyclic) bond motifs is 1. The van der Waals surface area contributed by atoms with E-state index < -0.39 is 0 Å². The monoisotopic (exact) mass is 326 g/mol. The molecule has 4 heteroatoms. The average molecular weight is 327 g/mol. The number of aryl methyl sites for hydroxylation is 1. The smallest absolute Gasteiger partial charge is 0.111 e. The van der Waals surface area contributed by atoms with Crippen LogP contribution >= 0.6 is 23.2 Å². The average Bonchev–Trinajstić information content (AvgIpc) is 2.84. The molecule has 0 spiro atoms. The maximum Gasteiger partial charge on any atom is 0.111 e. The van der Waals surface area contributed by atoms with E-state index in [-0.39, 0.29) is 0 Å². The zero-order valence-electron chi connectivity index (χ0n) is 12.9. The maximum absolute atomic E-state index is 6.32. The molecule has 1 atom stereocenters. The quantitative estimate of drug-likeness (QED) is 0.544. The fraction of sp³-hybridized carbons (Fsp3) is 0.588. The Balaban J connectivity index is 2.51. The summed E-state index contributed by atoms with van der Waals surface area (Å²) in [5.74, 6) is 1.66. The molecule has 0 aliphatic rings. The van der Waals surface area contributed by atoms with Crippen LogP contribution < -0.4 is 0 Å². The van der Waals surface area contributed by atoms with Crippen LogP contribution in [0.15, 0.2) is 18.2 Å². The second-order valence-electron chi connectivity index (χ2n) is 5.53. The van der Waals surface area contributed by atoms with E-state index in [0.29, 0.717) is 11.9 Å². The summed E-state index contributed by atoms with van der Waals surface area (Å²) in [6.07, 6.45) is 6.79. The predicted molar refractivity (Wildman–Crippen MR) is 92.6 cm³/mol. The Morgan fingerprint density at radius 1 is 1.19 bits per heavy atom. The molecule has 1 heterocycles. The third-order valence-corrected chi connectivity index (χ3v) is 4.43. The van der Waals surface area contributed by atoms with Gasteiger partial charge in [-0.1, -0.05) is 50.8 Å². The summed E-state index contributed by atoms with van der Waals surface area (Å²) >= 11 is 12.3. The Morgan fingerprint density at radius 3 is 2.67 bits per heavy atom. The summed E-state index contributed by atoms with van der Waals surface area (Å²) in [4.78, 5) is 4.76. The number of alkyl halides is 1. The first kappa shape index (κ1) is 16.6. The fourth-order valence-corrected chi connectivity index (χ4v) is 3.36. The summed E-state index contributed by atoms with van der Waals surface area (Å²) in [5.41, 5.74) is 2.06. The predicted octanol–water partition coefficient (Wildman–Crippen LogP) is 6.00. The van der Waals surface area contributed by atoms with E-state index in [1.54, 1.807) is 0 Å². The van der Waals surface area contributed by atoms with Crippen molar-refractivity contribution in [3.63, 3.8) is 0 Å². The zero-order chi connectivity index (χ0) is 15.2. The molecule has 0 radical (unpaired) electrons. The maximum atomic E-state index is 6.32. The first-order chi connectivity index (χ1) is 10.2. The van der Waals surface area contributed by atoms with Crippen LogP contribution in [0, 0.1) is 0 Å². The van der Waals surface area contributed by atoms with E-state index in [2.05, 4.69) is 24.5 Å². The van der Waals surface area contributed by atoms with Crippen LogP contribution in [0.4, 0.5) is 0 Å². The summed E-state index contributed by atoms with van der Waals surface area (Å²) in [6.45, 7) is 4.48. The van der Waals surface area contributed by atoms with Gasteiger partial charge in [-0.05, 0) is 25.0 Å². The molecule has 2 rings (SSSR count). The molecule has 1 aromatic heterocycles. The molecule has 0 fully saturated rings. The van der Waals surface area contributed by atoms with Gasteiger partial charge in [-0.15, -0.1) is 11.6 Å². The van der Waals surface area contributed by atoms with Crippen LogP contribution in [0.1, 0.15) is 57.8 Å². The van der Waals surface area contributed by atoms with Crippen LogP contribution in [0.25, 0.3) is 11.0 Å². The highest BCUT2D eigenvalue weighted by atomic mass is 35.5. The van der Waals surface area contributed by atoms with E-state index in [9.17, 15) is 0 Å². The molecule has 2 nitrogen and oxygen atoms in total. The lowest BCUT2D eigenvalue weighted by atomic mass is 10.0. The number of unbranched alkanes of at least 4 members (excludes halogenated alkanes) is 1. The van der Waals surface area contributed by atoms with Gasteiger partial charge in [-0.2, -0.15) is 0 Å². The molecule has 0 aliphatic carbocycles. The number of nitrogens with zero attached hydrogens (tertiary/aromatic N) is 2. The molecule has 0 aliphatic heterocycles. The van der Waals surface area contributed by atoms with Gasteiger partial charge in [0.05, 0.1) is 10.5 Å². The lowest BCUT2D eigenvalue weighted by Gasteiger charge is -2.21. The van der Waals surface area contributed by atoms with Crippen molar-refractivity contribution in [2.24, 2.45) is 0 Å². The molecule has 0 bridgehead atoms. The van der Waals surface area contributed by atoms with Crippen LogP contribution in [0.3, 0.4) is 0 Å². The number of para-hydroxylation sites is 1. The second kappa shape index (κ2) is 8.05. The first-order valence-electron chi connectivity index (χ1n) is 7.94. The van der Waals surface area contributed by atoms with Gasteiger partial charge < -0.3 is 4.57 Å². The minimum Gasteiger partial charge on any atom is -0.325 e. The van der Waals surface area contributed by atoms with E-state index in [1.165, 1.54) is 32.1 Å². The third kappa shape index (κ3) is 3.73. The molecule has 2 aromatic rings. The highest BCUT2D eigenvalue weighted by Crippen LogP contribution is 2.31. The van der Waals surface area contributed by atoms with Crippen molar-refractivity contribution in [1.29, 1.82) is 0 Å².